The fraction of sp³-hybridized carbons (Fsp3) is 0. The summed E-state index contributed by atoms with van der Waals surface area (Å²) in [6.45, 7) is 0. The van der Waals surface area contributed by atoms with Crippen LogP contribution in [0, 0.1) is 11.9 Å². The summed E-state index contributed by atoms with van der Waals surface area (Å²) < 4.78 is 12.6. The van der Waals surface area contributed by atoms with E-state index in [2.05, 4.69) is 22.0 Å². The molecule has 0 atom stereocenters. The molecule has 1 aromatic rings. The molecule has 0 heterocycles. The van der Waals surface area contributed by atoms with Crippen LogP contribution in [0.4, 0.5) is 4.39 Å². The summed E-state index contributed by atoms with van der Waals surface area (Å²) >= 11 is 2.96. The highest BCUT2D eigenvalue weighted by molar-refractivity contribution is 9.10. The van der Waals surface area contributed by atoms with Gasteiger partial charge in [-0.25, -0.2) is 4.39 Å². The quantitative estimate of drug-likeness (QED) is 0.566. The number of rotatable bonds is 0. The number of benzene rings is 1. The van der Waals surface area contributed by atoms with E-state index < -0.39 is 0 Å². The Morgan fingerprint density at radius 3 is 2.75 bits per heavy atom. The van der Waals surface area contributed by atoms with Crippen LogP contribution in [0.2, 0.25) is 0 Å². The van der Waals surface area contributed by atoms with E-state index in [4.69, 9.17) is 0 Å². The van der Waals surface area contributed by atoms with Crippen LogP contribution in [0.3, 0.4) is 0 Å². The van der Waals surface area contributed by atoms with Gasteiger partial charge in [0.25, 0.3) is 0 Å². The van der Waals surface area contributed by atoms with Crippen LogP contribution < -0.4 is 0 Å². The molecule has 0 aliphatic heterocycles. The molecule has 0 nitrogen and oxygen atoms in total. The molecule has 1 radical (unpaired) electrons. The minimum atomic E-state index is -0.271. The summed E-state index contributed by atoms with van der Waals surface area (Å²) in [5.41, 5.74) is 0. The van der Waals surface area contributed by atoms with Gasteiger partial charge in [0.05, 0.1) is 4.47 Å². The summed E-state index contributed by atoms with van der Waals surface area (Å²) in [4.78, 5) is 0. The largest absolute Gasteiger partial charge is 0.206 e. The van der Waals surface area contributed by atoms with E-state index in [1.54, 1.807) is 12.1 Å². The summed E-state index contributed by atoms with van der Waals surface area (Å²) in [5, 5.41) is 0. The Kier molecular flexibility index (Phi) is 1.63. The van der Waals surface area contributed by atoms with Crippen LogP contribution >= 0.6 is 15.9 Å². The fourth-order valence-electron chi connectivity index (χ4n) is 0.396. The predicted molar refractivity (Wildman–Crippen MR) is 32.9 cm³/mol. The van der Waals surface area contributed by atoms with Crippen molar-refractivity contribution in [1.29, 1.82) is 0 Å². The molecule has 0 aliphatic rings. The fourth-order valence-corrected chi connectivity index (χ4v) is 0.660. The van der Waals surface area contributed by atoms with Gasteiger partial charge in [-0.1, -0.05) is 12.1 Å². The molecule has 0 bridgehead atoms. The molecule has 0 saturated carbocycles. The molecule has 1 aromatic carbocycles. The van der Waals surface area contributed by atoms with Gasteiger partial charge in [-0.2, -0.15) is 0 Å². The highest BCUT2D eigenvalue weighted by atomic mass is 79.9. The monoisotopic (exact) mass is 173 g/mol. The molecule has 2 heteroatoms. The van der Waals surface area contributed by atoms with Crippen molar-refractivity contribution >= 4 is 15.9 Å². The number of halogens is 2. The van der Waals surface area contributed by atoms with E-state index in [1.165, 1.54) is 6.07 Å². The molecule has 0 spiro atoms. The Labute approximate surface area is 55.5 Å². The maximum absolute atomic E-state index is 12.2. The molecule has 41 valence electrons. The first-order chi connectivity index (χ1) is 3.80. The number of hydrogen-bond acceptors (Lipinski definition) is 0. The van der Waals surface area contributed by atoms with Crippen LogP contribution in [-0.4, -0.2) is 0 Å². The Bertz CT molecular complexity index is 165. The van der Waals surface area contributed by atoms with E-state index in [0.717, 1.165) is 0 Å². The van der Waals surface area contributed by atoms with Crippen LogP contribution in [-0.2, 0) is 0 Å². The minimum Gasteiger partial charge on any atom is -0.206 e. The van der Waals surface area contributed by atoms with Gasteiger partial charge in [-0.05, 0) is 22.0 Å². The third-order valence-electron chi connectivity index (χ3n) is 0.759. The first-order valence-electron chi connectivity index (χ1n) is 2.12. The maximum Gasteiger partial charge on any atom is 0.138 e. The summed E-state index contributed by atoms with van der Waals surface area (Å²) in [7, 11) is 0. The second kappa shape index (κ2) is 2.27. The lowest BCUT2D eigenvalue weighted by Gasteiger charge is -1.86. The SMILES string of the molecule is Fc1ccc[c]c1Br. The second-order valence-electron chi connectivity index (χ2n) is 1.33. The van der Waals surface area contributed by atoms with Crippen molar-refractivity contribution < 1.29 is 4.39 Å². The topological polar surface area (TPSA) is 0 Å². The standard InChI is InChI=1S/C6H3BrF/c7-5-3-1-2-4-6(5)8/h1-2,4H. The van der Waals surface area contributed by atoms with Crippen molar-refractivity contribution in [1.82, 2.24) is 0 Å². The highest BCUT2D eigenvalue weighted by Crippen LogP contribution is 2.11. The summed E-state index contributed by atoms with van der Waals surface area (Å²) in [6, 6.07) is 7.26. The van der Waals surface area contributed by atoms with Gasteiger partial charge in [0.2, 0.25) is 0 Å². The Morgan fingerprint density at radius 2 is 2.38 bits per heavy atom. The molecule has 0 N–H and O–H groups in total. The normalized spacial score (nSPS) is 9.25. The predicted octanol–water partition coefficient (Wildman–Crippen LogP) is 2.39. The molecule has 8 heavy (non-hydrogen) atoms. The minimum absolute atomic E-state index is 0.271. The molecular weight excluding hydrogens is 171 g/mol. The van der Waals surface area contributed by atoms with Crippen molar-refractivity contribution in [2.75, 3.05) is 0 Å². The molecule has 0 aromatic heterocycles. The van der Waals surface area contributed by atoms with E-state index in [1.807, 2.05) is 0 Å². The van der Waals surface area contributed by atoms with E-state index >= 15 is 0 Å². The zero-order chi connectivity index (χ0) is 5.98. The average molecular weight is 174 g/mol. The highest BCUT2D eigenvalue weighted by Gasteiger charge is 1.91. The zero-order valence-electron chi connectivity index (χ0n) is 3.99. The average Bonchev–Trinajstić information content (AvgIpc) is 1.77. The lowest BCUT2D eigenvalue weighted by atomic mass is 10.4. The molecule has 0 saturated heterocycles. The van der Waals surface area contributed by atoms with Crippen molar-refractivity contribution in [3.63, 3.8) is 0 Å². The Balaban J connectivity index is 3.13. The van der Waals surface area contributed by atoms with Crippen LogP contribution in [0.1, 0.15) is 0 Å². The van der Waals surface area contributed by atoms with Crippen molar-refractivity contribution in [2.45, 2.75) is 0 Å². The van der Waals surface area contributed by atoms with Gasteiger partial charge in [-0.3, -0.25) is 0 Å². The summed E-state index contributed by atoms with van der Waals surface area (Å²) in [5.74, 6) is -0.271. The summed E-state index contributed by atoms with van der Waals surface area (Å²) in [6.07, 6.45) is 0. The van der Waals surface area contributed by atoms with Crippen LogP contribution in [0.5, 0.6) is 0 Å². The van der Waals surface area contributed by atoms with Gasteiger partial charge < -0.3 is 0 Å². The van der Waals surface area contributed by atoms with Crippen molar-refractivity contribution in [3.05, 3.63) is 34.6 Å². The molecule has 0 fully saturated rings. The Morgan fingerprint density at radius 1 is 1.62 bits per heavy atom. The van der Waals surface area contributed by atoms with Gasteiger partial charge >= 0.3 is 0 Å². The third-order valence-corrected chi connectivity index (χ3v) is 1.37. The molecular formula is C6H3BrF. The van der Waals surface area contributed by atoms with Crippen molar-refractivity contribution in [3.8, 4) is 0 Å². The third kappa shape index (κ3) is 1.07. The van der Waals surface area contributed by atoms with Gasteiger partial charge in [0.1, 0.15) is 5.82 Å². The van der Waals surface area contributed by atoms with Crippen molar-refractivity contribution in [2.24, 2.45) is 0 Å². The molecule has 0 amide bonds. The molecule has 1 rings (SSSR count). The molecule has 0 unspecified atom stereocenters. The van der Waals surface area contributed by atoms with Crippen LogP contribution in [0.25, 0.3) is 0 Å². The van der Waals surface area contributed by atoms with Gasteiger partial charge in [0.15, 0.2) is 0 Å². The van der Waals surface area contributed by atoms with E-state index in [9.17, 15) is 4.39 Å². The van der Waals surface area contributed by atoms with Gasteiger partial charge in [0, 0.05) is 6.07 Å². The van der Waals surface area contributed by atoms with E-state index in [-0.39, 0.29) is 5.82 Å². The first kappa shape index (κ1) is 5.76. The van der Waals surface area contributed by atoms with Gasteiger partial charge in [-0.15, -0.1) is 0 Å². The second-order valence-corrected chi connectivity index (χ2v) is 2.13. The van der Waals surface area contributed by atoms with E-state index in [0.29, 0.717) is 4.47 Å². The lowest BCUT2D eigenvalue weighted by Crippen LogP contribution is -1.71. The zero-order valence-corrected chi connectivity index (χ0v) is 5.57. The van der Waals surface area contributed by atoms with Crippen LogP contribution in [0.15, 0.2) is 22.7 Å². The Hall–Kier alpha value is -0.370. The number of hydrogen-bond donors (Lipinski definition) is 0. The molecule has 0 aliphatic carbocycles. The smallest absolute Gasteiger partial charge is 0.138 e. The first-order valence-corrected chi connectivity index (χ1v) is 2.91. The lowest BCUT2D eigenvalue weighted by molar-refractivity contribution is 0.621. The maximum atomic E-state index is 12.2.